The average molecular weight is 331 g/mol. The highest BCUT2D eigenvalue weighted by molar-refractivity contribution is 8.02. The molecule has 2 aliphatic carbocycles. The van der Waals surface area contributed by atoms with Gasteiger partial charge in [-0.25, -0.2) is 0 Å². The summed E-state index contributed by atoms with van der Waals surface area (Å²) in [5.41, 5.74) is 7.13. The molecule has 1 amide bonds. The van der Waals surface area contributed by atoms with Crippen LogP contribution in [-0.2, 0) is 4.79 Å². The number of carbonyl (C=O) groups is 1. The third-order valence-electron chi connectivity index (χ3n) is 5.82. The van der Waals surface area contributed by atoms with E-state index in [0.29, 0.717) is 18.0 Å². The molecule has 3 atom stereocenters. The van der Waals surface area contributed by atoms with Gasteiger partial charge in [-0.15, -0.1) is 11.8 Å². The van der Waals surface area contributed by atoms with Crippen molar-refractivity contribution >= 4 is 23.4 Å². The molecule has 3 unspecified atom stereocenters. The van der Waals surface area contributed by atoms with E-state index in [9.17, 15) is 4.79 Å². The van der Waals surface area contributed by atoms with Gasteiger partial charge in [0.2, 0.25) is 5.91 Å². The molecule has 0 aromatic rings. The van der Waals surface area contributed by atoms with Crippen LogP contribution in [0.2, 0.25) is 0 Å². The fraction of sp³-hybridized carbons (Fsp3) is 0.667. The number of thioether (sulfide) groups is 1. The van der Waals surface area contributed by atoms with Crippen molar-refractivity contribution in [3.63, 3.8) is 0 Å². The van der Waals surface area contributed by atoms with E-state index >= 15 is 0 Å². The molecule has 4 nitrogen and oxygen atoms in total. The van der Waals surface area contributed by atoms with Crippen molar-refractivity contribution in [1.29, 1.82) is 0 Å². The van der Waals surface area contributed by atoms with Gasteiger partial charge in [0.05, 0.1) is 16.4 Å². The van der Waals surface area contributed by atoms with E-state index in [1.54, 1.807) is 0 Å². The Kier molecular flexibility index (Phi) is 4.10. The highest BCUT2D eigenvalue weighted by Crippen LogP contribution is 2.52. The first kappa shape index (κ1) is 15.5. The second kappa shape index (κ2) is 6.10. The second-order valence-corrected chi connectivity index (χ2v) is 8.51. The van der Waals surface area contributed by atoms with E-state index in [0.717, 1.165) is 44.4 Å². The van der Waals surface area contributed by atoms with Crippen LogP contribution in [0.3, 0.4) is 0 Å². The van der Waals surface area contributed by atoms with Gasteiger partial charge >= 0.3 is 0 Å². The lowest BCUT2D eigenvalue weighted by Crippen LogP contribution is -2.48. The molecule has 1 spiro atoms. The number of aliphatic imine (C=N–C) groups is 1. The lowest BCUT2D eigenvalue weighted by atomic mass is 9.74. The molecule has 23 heavy (non-hydrogen) atoms. The Morgan fingerprint density at radius 2 is 2.09 bits per heavy atom. The Balaban J connectivity index is 1.46. The van der Waals surface area contributed by atoms with Crippen LogP contribution in [0, 0.1) is 11.8 Å². The molecule has 0 radical (unpaired) electrons. The van der Waals surface area contributed by atoms with Gasteiger partial charge in [-0.2, -0.15) is 0 Å². The van der Waals surface area contributed by atoms with Crippen LogP contribution in [0.4, 0.5) is 0 Å². The van der Waals surface area contributed by atoms with Crippen LogP contribution >= 0.6 is 11.8 Å². The van der Waals surface area contributed by atoms with E-state index in [1.165, 1.54) is 5.71 Å². The molecule has 0 aromatic carbocycles. The number of nitrogens with one attached hydrogen (secondary N) is 1. The van der Waals surface area contributed by atoms with Gasteiger partial charge in [0.15, 0.2) is 0 Å². The second-order valence-electron chi connectivity index (χ2n) is 7.21. The summed E-state index contributed by atoms with van der Waals surface area (Å²) in [5.74, 6) is 1.65. The van der Waals surface area contributed by atoms with Crippen molar-refractivity contribution in [2.45, 2.75) is 48.9 Å². The van der Waals surface area contributed by atoms with Crippen LogP contribution < -0.4 is 11.1 Å². The summed E-state index contributed by atoms with van der Waals surface area (Å²) in [7, 11) is 0. The maximum Gasteiger partial charge on any atom is 0.224 e. The van der Waals surface area contributed by atoms with Gasteiger partial charge in [0.1, 0.15) is 0 Å². The molecule has 4 rings (SSSR count). The quantitative estimate of drug-likeness (QED) is 0.814. The van der Waals surface area contributed by atoms with E-state index in [-0.39, 0.29) is 16.6 Å². The number of allylic oxidation sites excluding steroid dienone is 3. The fourth-order valence-corrected chi connectivity index (χ4v) is 6.28. The Labute approximate surface area is 142 Å². The van der Waals surface area contributed by atoms with Gasteiger partial charge < -0.3 is 11.1 Å². The summed E-state index contributed by atoms with van der Waals surface area (Å²) in [4.78, 5) is 17.6. The summed E-state index contributed by atoms with van der Waals surface area (Å²) in [6.07, 6.45) is 13.7. The number of carbonyl (C=O) groups excluding carboxylic acids is 1. The molecule has 2 heterocycles. The first-order valence-corrected chi connectivity index (χ1v) is 9.78. The van der Waals surface area contributed by atoms with E-state index in [2.05, 4.69) is 29.6 Å². The van der Waals surface area contributed by atoms with Crippen molar-refractivity contribution in [1.82, 2.24) is 5.32 Å². The predicted molar refractivity (Wildman–Crippen MR) is 95.7 cm³/mol. The van der Waals surface area contributed by atoms with Crippen molar-refractivity contribution in [2.75, 3.05) is 12.3 Å². The molecule has 2 aliphatic heterocycles. The van der Waals surface area contributed by atoms with Crippen LogP contribution in [0.1, 0.15) is 32.1 Å². The minimum atomic E-state index is -0.0517. The van der Waals surface area contributed by atoms with E-state index < -0.39 is 0 Å². The zero-order valence-corrected chi connectivity index (χ0v) is 14.2. The summed E-state index contributed by atoms with van der Waals surface area (Å²) >= 11 is 1.91. The summed E-state index contributed by atoms with van der Waals surface area (Å²) in [5, 5.41) is 3.32. The zero-order chi connectivity index (χ0) is 15.9. The highest BCUT2D eigenvalue weighted by Gasteiger charge is 2.54. The smallest absolute Gasteiger partial charge is 0.224 e. The van der Waals surface area contributed by atoms with Crippen molar-refractivity contribution in [3.05, 3.63) is 24.3 Å². The number of nitrogens with two attached hydrogens (primary N) is 1. The van der Waals surface area contributed by atoms with Gasteiger partial charge in [-0.05, 0) is 44.1 Å². The number of amides is 1. The molecule has 5 heteroatoms. The molecule has 0 bridgehead atoms. The SMILES string of the molecule is NC1CCC(NC(=O)C2CSC34C=CC=CC3=NCCC24)CC1. The maximum absolute atomic E-state index is 12.9. The summed E-state index contributed by atoms with van der Waals surface area (Å²) in [6, 6.07) is 0.645. The molecule has 124 valence electrons. The normalized spacial score (nSPS) is 41.9. The third-order valence-corrected chi connectivity index (χ3v) is 7.48. The van der Waals surface area contributed by atoms with Crippen molar-refractivity contribution < 1.29 is 4.79 Å². The molecule has 1 saturated carbocycles. The van der Waals surface area contributed by atoms with Crippen LogP contribution in [0.5, 0.6) is 0 Å². The molecule has 0 aromatic heterocycles. The van der Waals surface area contributed by atoms with Gasteiger partial charge in [-0.3, -0.25) is 9.79 Å². The van der Waals surface area contributed by atoms with Gasteiger partial charge in [0.25, 0.3) is 0 Å². The lowest BCUT2D eigenvalue weighted by Gasteiger charge is -2.38. The van der Waals surface area contributed by atoms with Crippen molar-refractivity contribution in [2.24, 2.45) is 22.6 Å². The van der Waals surface area contributed by atoms with E-state index in [1.807, 2.05) is 11.8 Å². The average Bonchev–Trinajstić information content (AvgIpc) is 2.95. The number of hydrogen-bond donors (Lipinski definition) is 2. The largest absolute Gasteiger partial charge is 0.353 e. The Bertz CT molecular complexity index is 577. The first-order valence-electron chi connectivity index (χ1n) is 8.80. The zero-order valence-electron chi connectivity index (χ0n) is 13.4. The monoisotopic (exact) mass is 331 g/mol. The standard InChI is InChI=1S/C18H25N3OS/c19-12-4-6-13(7-5-12)21-17(22)14-11-23-18-9-2-1-3-16(18)20-10-8-15(14)18/h1-3,9,12-15H,4-8,10-11,19H2,(H,21,22). The number of hydrogen-bond acceptors (Lipinski definition) is 4. The van der Waals surface area contributed by atoms with Crippen LogP contribution in [-0.4, -0.2) is 40.7 Å². The summed E-state index contributed by atoms with van der Waals surface area (Å²) < 4.78 is -0.0517. The molecule has 2 fully saturated rings. The summed E-state index contributed by atoms with van der Waals surface area (Å²) in [6.45, 7) is 0.850. The first-order chi connectivity index (χ1) is 11.2. The molecule has 3 N–H and O–H groups in total. The third kappa shape index (κ3) is 2.68. The van der Waals surface area contributed by atoms with Gasteiger partial charge in [-0.1, -0.05) is 18.2 Å². The molecule has 1 saturated heterocycles. The van der Waals surface area contributed by atoms with Gasteiger partial charge in [0, 0.05) is 24.4 Å². The Morgan fingerprint density at radius 3 is 2.91 bits per heavy atom. The molecule has 4 aliphatic rings. The Morgan fingerprint density at radius 1 is 1.26 bits per heavy atom. The number of nitrogens with zero attached hydrogens (tertiary/aromatic N) is 1. The Hall–Kier alpha value is -1.07. The minimum absolute atomic E-state index is 0.0517. The molecular weight excluding hydrogens is 306 g/mol. The van der Waals surface area contributed by atoms with Crippen LogP contribution in [0.25, 0.3) is 0 Å². The topological polar surface area (TPSA) is 67.5 Å². The maximum atomic E-state index is 12.9. The molecular formula is C18H25N3OS. The lowest BCUT2D eigenvalue weighted by molar-refractivity contribution is -0.126. The number of rotatable bonds is 2. The highest BCUT2D eigenvalue weighted by atomic mass is 32.2. The fourth-order valence-electron chi connectivity index (χ4n) is 4.49. The minimum Gasteiger partial charge on any atom is -0.353 e. The van der Waals surface area contributed by atoms with E-state index in [4.69, 9.17) is 10.7 Å². The van der Waals surface area contributed by atoms with Crippen LogP contribution in [0.15, 0.2) is 29.3 Å². The van der Waals surface area contributed by atoms with Crippen molar-refractivity contribution in [3.8, 4) is 0 Å². The predicted octanol–water partition coefficient (Wildman–Crippen LogP) is 2.06.